The summed E-state index contributed by atoms with van der Waals surface area (Å²) in [4.78, 5) is 37.3. The number of carbonyl (C=O) groups is 1. The molecular weight excluding hydrogens is 373 g/mol. The van der Waals surface area contributed by atoms with Gasteiger partial charge in [-0.15, -0.1) is 0 Å². The molecule has 1 aliphatic heterocycles. The third-order valence-electron chi connectivity index (χ3n) is 5.13. The molecule has 148 valence electrons. The molecule has 2 aromatic heterocycles. The number of benzene rings is 1. The van der Waals surface area contributed by atoms with Gasteiger partial charge in [-0.25, -0.2) is 14.4 Å². The summed E-state index contributed by atoms with van der Waals surface area (Å²) in [5.41, 5.74) is 0.611. The number of piperazine rings is 1. The van der Waals surface area contributed by atoms with Crippen molar-refractivity contribution in [1.82, 2.24) is 19.4 Å². The summed E-state index contributed by atoms with van der Waals surface area (Å²) in [5, 5.41) is 0.617. The summed E-state index contributed by atoms with van der Waals surface area (Å²) >= 11 is 0. The van der Waals surface area contributed by atoms with Gasteiger partial charge in [-0.1, -0.05) is 18.7 Å². The second-order valence-corrected chi connectivity index (χ2v) is 6.85. The average molecular weight is 393 g/mol. The molecular formula is C21H20FN5O2. The Kier molecular flexibility index (Phi) is 4.84. The summed E-state index contributed by atoms with van der Waals surface area (Å²) < 4.78 is 15.6. The lowest BCUT2D eigenvalue weighted by molar-refractivity contribution is -0.126. The Labute approximate surface area is 166 Å². The van der Waals surface area contributed by atoms with Gasteiger partial charge in [-0.3, -0.25) is 14.2 Å². The summed E-state index contributed by atoms with van der Waals surface area (Å²) in [5.74, 6) is 0.0664. The number of pyridine rings is 1. The number of hydrogen-bond donors (Lipinski definition) is 0. The van der Waals surface area contributed by atoms with Crippen LogP contribution in [0.25, 0.3) is 16.6 Å². The van der Waals surface area contributed by atoms with E-state index in [1.165, 1.54) is 23.0 Å². The third kappa shape index (κ3) is 3.26. The van der Waals surface area contributed by atoms with Crippen molar-refractivity contribution in [3.63, 3.8) is 0 Å². The van der Waals surface area contributed by atoms with E-state index in [2.05, 4.69) is 16.5 Å². The molecule has 0 atom stereocenters. The van der Waals surface area contributed by atoms with E-state index in [1.807, 2.05) is 4.90 Å². The zero-order valence-electron chi connectivity index (χ0n) is 16.0. The van der Waals surface area contributed by atoms with E-state index in [0.717, 1.165) is 0 Å². The lowest BCUT2D eigenvalue weighted by Gasteiger charge is -2.35. The van der Waals surface area contributed by atoms with Crippen LogP contribution >= 0.6 is 0 Å². The van der Waals surface area contributed by atoms with E-state index in [0.29, 0.717) is 43.1 Å². The van der Waals surface area contributed by atoms with E-state index in [-0.39, 0.29) is 17.1 Å². The molecule has 8 heteroatoms. The van der Waals surface area contributed by atoms with Gasteiger partial charge in [0.25, 0.3) is 5.56 Å². The van der Waals surface area contributed by atoms with Gasteiger partial charge in [0, 0.05) is 31.9 Å². The van der Waals surface area contributed by atoms with Gasteiger partial charge in [0.15, 0.2) is 0 Å². The first-order valence-corrected chi connectivity index (χ1v) is 9.30. The number of anilines is 1. The molecule has 1 aromatic carbocycles. The van der Waals surface area contributed by atoms with Crippen molar-refractivity contribution in [2.45, 2.75) is 6.92 Å². The molecule has 0 bridgehead atoms. The second-order valence-electron chi connectivity index (χ2n) is 6.85. The molecule has 1 fully saturated rings. The molecule has 1 aliphatic rings. The van der Waals surface area contributed by atoms with Crippen molar-refractivity contribution in [2.75, 3.05) is 31.1 Å². The minimum atomic E-state index is -0.477. The fourth-order valence-electron chi connectivity index (χ4n) is 3.68. The largest absolute Gasteiger partial charge is 0.352 e. The first kappa shape index (κ1) is 18.8. The second kappa shape index (κ2) is 7.46. The molecule has 0 saturated carbocycles. The van der Waals surface area contributed by atoms with Crippen molar-refractivity contribution < 1.29 is 9.18 Å². The Morgan fingerprint density at radius 2 is 1.90 bits per heavy atom. The Balaban J connectivity index is 1.78. The first-order chi connectivity index (χ1) is 14.0. The standard InChI is InChI=1S/C21H20FN5O2/c1-3-18(28)25-8-10-26(11-9-25)20-15-12-14(2)27(17-7-5-4-6-16(17)22)21(29)19(15)23-13-24-20/h3-7,12-13H,1,8-11H2,2H3. The van der Waals surface area contributed by atoms with Crippen molar-refractivity contribution in [1.29, 1.82) is 0 Å². The van der Waals surface area contributed by atoms with Gasteiger partial charge in [-0.05, 0) is 31.2 Å². The molecule has 0 unspecified atom stereocenters. The van der Waals surface area contributed by atoms with Crippen LogP contribution in [-0.2, 0) is 4.79 Å². The highest BCUT2D eigenvalue weighted by Crippen LogP contribution is 2.24. The summed E-state index contributed by atoms with van der Waals surface area (Å²) in [6.45, 7) is 7.53. The predicted octanol–water partition coefficient (Wildman–Crippen LogP) is 2.06. The Hall–Kier alpha value is -3.55. The molecule has 0 N–H and O–H groups in total. The number of aromatic nitrogens is 3. The van der Waals surface area contributed by atoms with E-state index in [9.17, 15) is 14.0 Å². The number of hydrogen-bond acceptors (Lipinski definition) is 5. The van der Waals surface area contributed by atoms with E-state index in [4.69, 9.17) is 0 Å². The molecule has 0 spiro atoms. The fraction of sp³-hybridized carbons (Fsp3) is 0.238. The molecule has 7 nitrogen and oxygen atoms in total. The first-order valence-electron chi connectivity index (χ1n) is 9.30. The van der Waals surface area contributed by atoms with Crippen LogP contribution in [0.2, 0.25) is 0 Å². The van der Waals surface area contributed by atoms with Crippen molar-refractivity contribution in [3.8, 4) is 5.69 Å². The molecule has 1 saturated heterocycles. The van der Waals surface area contributed by atoms with Gasteiger partial charge < -0.3 is 9.80 Å². The lowest BCUT2D eigenvalue weighted by Crippen LogP contribution is -2.48. The van der Waals surface area contributed by atoms with Crippen LogP contribution < -0.4 is 10.5 Å². The van der Waals surface area contributed by atoms with Crippen LogP contribution in [0.15, 0.2) is 54.1 Å². The monoisotopic (exact) mass is 393 g/mol. The predicted molar refractivity (Wildman–Crippen MR) is 109 cm³/mol. The zero-order chi connectivity index (χ0) is 20.5. The van der Waals surface area contributed by atoms with Crippen molar-refractivity contribution in [3.05, 3.63) is 71.2 Å². The Bertz CT molecular complexity index is 1170. The lowest BCUT2D eigenvalue weighted by atomic mass is 10.2. The fourth-order valence-corrected chi connectivity index (χ4v) is 3.68. The number of amides is 1. The molecule has 0 aliphatic carbocycles. The number of carbonyl (C=O) groups excluding carboxylic acids is 1. The minimum Gasteiger partial charge on any atom is -0.352 e. The van der Waals surface area contributed by atoms with Gasteiger partial charge in [0.1, 0.15) is 23.5 Å². The van der Waals surface area contributed by atoms with Gasteiger partial charge >= 0.3 is 0 Å². The highest BCUT2D eigenvalue weighted by molar-refractivity contribution is 5.90. The quantitative estimate of drug-likeness (QED) is 0.637. The number of halogens is 1. The van der Waals surface area contributed by atoms with Crippen LogP contribution in [0.1, 0.15) is 5.69 Å². The topological polar surface area (TPSA) is 71.3 Å². The maximum atomic E-state index is 14.3. The van der Waals surface area contributed by atoms with E-state index in [1.54, 1.807) is 36.1 Å². The summed E-state index contributed by atoms with van der Waals surface area (Å²) in [7, 11) is 0. The zero-order valence-corrected chi connectivity index (χ0v) is 16.0. The van der Waals surface area contributed by atoms with Crippen LogP contribution in [0, 0.1) is 12.7 Å². The average Bonchev–Trinajstić information content (AvgIpc) is 2.74. The number of para-hydroxylation sites is 1. The van der Waals surface area contributed by atoms with Gasteiger partial charge in [0.05, 0.1) is 11.1 Å². The Morgan fingerprint density at radius 1 is 1.17 bits per heavy atom. The molecule has 3 heterocycles. The molecule has 1 amide bonds. The van der Waals surface area contributed by atoms with Gasteiger partial charge in [0.2, 0.25) is 5.91 Å². The van der Waals surface area contributed by atoms with Crippen molar-refractivity contribution >= 4 is 22.6 Å². The number of nitrogens with zero attached hydrogens (tertiary/aromatic N) is 5. The highest BCUT2D eigenvalue weighted by Gasteiger charge is 2.23. The van der Waals surface area contributed by atoms with Crippen LogP contribution in [-0.4, -0.2) is 51.5 Å². The molecule has 0 radical (unpaired) electrons. The minimum absolute atomic E-state index is 0.0965. The van der Waals surface area contributed by atoms with Crippen molar-refractivity contribution in [2.24, 2.45) is 0 Å². The summed E-state index contributed by atoms with van der Waals surface area (Å²) in [6.07, 6.45) is 2.66. The normalized spacial score (nSPS) is 14.3. The maximum absolute atomic E-state index is 14.3. The third-order valence-corrected chi connectivity index (χ3v) is 5.13. The van der Waals surface area contributed by atoms with E-state index < -0.39 is 11.4 Å². The number of fused-ring (bicyclic) bond motifs is 1. The molecule has 3 aromatic rings. The molecule has 4 rings (SSSR count). The Morgan fingerprint density at radius 3 is 2.59 bits per heavy atom. The van der Waals surface area contributed by atoms with E-state index >= 15 is 0 Å². The van der Waals surface area contributed by atoms with Crippen LogP contribution in [0.3, 0.4) is 0 Å². The summed E-state index contributed by atoms with van der Waals surface area (Å²) in [6, 6.07) is 7.95. The van der Waals surface area contributed by atoms with Crippen LogP contribution in [0.5, 0.6) is 0 Å². The van der Waals surface area contributed by atoms with Gasteiger partial charge in [-0.2, -0.15) is 0 Å². The highest BCUT2D eigenvalue weighted by atomic mass is 19.1. The molecule has 29 heavy (non-hydrogen) atoms. The smallest absolute Gasteiger partial charge is 0.282 e. The van der Waals surface area contributed by atoms with Crippen LogP contribution in [0.4, 0.5) is 10.2 Å². The SMILES string of the molecule is C=CC(=O)N1CCN(c2ncnc3c(=O)n(-c4ccccc4F)c(C)cc23)CC1. The maximum Gasteiger partial charge on any atom is 0.282 e. The number of aryl methyl sites for hydroxylation is 1. The number of rotatable bonds is 3.